The normalized spacial score (nSPS) is 30.1. The number of Topliss-reactive ketones (excluding diaryl/α,β-unsaturated/α-hetero) is 1. The first-order chi connectivity index (χ1) is 12.7. The van der Waals surface area contributed by atoms with E-state index in [1.807, 2.05) is 45.1 Å². The Kier molecular flexibility index (Phi) is 8.04. The van der Waals surface area contributed by atoms with Gasteiger partial charge in [0.15, 0.2) is 5.78 Å². The van der Waals surface area contributed by atoms with Crippen molar-refractivity contribution in [1.82, 2.24) is 0 Å². The zero-order valence-corrected chi connectivity index (χ0v) is 17.2. The molecule has 0 aromatic heterocycles. The maximum Gasteiger partial charge on any atom is 0.190 e. The molecule has 1 rings (SSSR count). The van der Waals surface area contributed by atoms with E-state index in [0.29, 0.717) is 16.9 Å². The zero-order chi connectivity index (χ0) is 20.7. The van der Waals surface area contributed by atoms with Gasteiger partial charge >= 0.3 is 0 Å². The number of ketones is 1. The predicted molar refractivity (Wildman–Crippen MR) is 116 cm³/mol. The Morgan fingerprint density at radius 1 is 1.19 bits per heavy atom. The first kappa shape index (κ1) is 22.7. The Morgan fingerprint density at radius 3 is 2.33 bits per heavy atom. The second-order valence-electron chi connectivity index (χ2n) is 6.92. The van der Waals surface area contributed by atoms with E-state index in [1.54, 1.807) is 20.1 Å². The van der Waals surface area contributed by atoms with Crippen molar-refractivity contribution in [3.05, 3.63) is 60.8 Å². The van der Waals surface area contributed by atoms with Gasteiger partial charge in [-0.1, -0.05) is 51.3 Å². The Bertz CT molecular complexity index is 735. The third-order valence-corrected chi connectivity index (χ3v) is 4.98. The SMILES string of the molecule is C=CC1=C(C=C)C(C)(O)C(C)(N=C/C=C/CC)C(N=C(C)/C=C/CC)C1=O. The average molecular weight is 369 g/mol. The summed E-state index contributed by atoms with van der Waals surface area (Å²) < 4.78 is 0. The van der Waals surface area contributed by atoms with Crippen LogP contribution in [0.5, 0.6) is 0 Å². The van der Waals surface area contributed by atoms with E-state index in [4.69, 9.17) is 0 Å². The Labute approximate surface area is 163 Å². The first-order valence-electron chi connectivity index (χ1n) is 9.38. The summed E-state index contributed by atoms with van der Waals surface area (Å²) in [5.41, 5.74) is -1.14. The number of hydrogen-bond donors (Lipinski definition) is 1. The van der Waals surface area contributed by atoms with E-state index < -0.39 is 17.2 Å². The van der Waals surface area contributed by atoms with Gasteiger partial charge in [-0.3, -0.25) is 14.8 Å². The fraction of sp³-hybridized carbons (Fsp3) is 0.435. The summed E-state index contributed by atoms with van der Waals surface area (Å²) in [7, 11) is 0. The van der Waals surface area contributed by atoms with E-state index in [2.05, 4.69) is 23.1 Å². The van der Waals surface area contributed by atoms with Crippen LogP contribution in [0.4, 0.5) is 0 Å². The molecule has 0 fully saturated rings. The summed E-state index contributed by atoms with van der Waals surface area (Å²) >= 11 is 0. The van der Waals surface area contributed by atoms with E-state index in [9.17, 15) is 9.90 Å². The van der Waals surface area contributed by atoms with Gasteiger partial charge in [0.2, 0.25) is 0 Å². The molecule has 4 nitrogen and oxygen atoms in total. The smallest absolute Gasteiger partial charge is 0.190 e. The Hall–Kier alpha value is -2.33. The second-order valence-corrected chi connectivity index (χ2v) is 6.92. The molecule has 0 spiro atoms. The Balaban J connectivity index is 3.70. The molecule has 0 aromatic carbocycles. The van der Waals surface area contributed by atoms with Crippen molar-refractivity contribution in [1.29, 1.82) is 0 Å². The van der Waals surface area contributed by atoms with Gasteiger partial charge in [-0.05, 0) is 51.3 Å². The first-order valence-corrected chi connectivity index (χ1v) is 9.38. The lowest BCUT2D eigenvalue weighted by Gasteiger charge is -2.47. The average Bonchev–Trinajstić information content (AvgIpc) is 2.63. The van der Waals surface area contributed by atoms with Crippen molar-refractivity contribution in [3.63, 3.8) is 0 Å². The molecule has 3 unspecified atom stereocenters. The van der Waals surface area contributed by atoms with Gasteiger partial charge in [0, 0.05) is 17.5 Å². The number of allylic oxidation sites excluding steroid dienone is 5. The molecule has 1 aliphatic rings. The molecule has 0 radical (unpaired) electrons. The van der Waals surface area contributed by atoms with Gasteiger partial charge in [-0.25, -0.2) is 0 Å². The summed E-state index contributed by atoms with van der Waals surface area (Å²) in [4.78, 5) is 22.5. The monoisotopic (exact) mass is 368 g/mol. The number of hydrogen-bond acceptors (Lipinski definition) is 4. The predicted octanol–water partition coefficient (Wildman–Crippen LogP) is 4.58. The van der Waals surface area contributed by atoms with Crippen LogP contribution >= 0.6 is 0 Å². The molecule has 0 aliphatic heterocycles. The van der Waals surface area contributed by atoms with Gasteiger partial charge in [-0.15, -0.1) is 0 Å². The summed E-state index contributed by atoms with van der Waals surface area (Å²) in [6, 6.07) is -0.864. The summed E-state index contributed by atoms with van der Waals surface area (Å²) in [5.74, 6) is -0.213. The topological polar surface area (TPSA) is 62.0 Å². The van der Waals surface area contributed by atoms with Crippen LogP contribution in [0.1, 0.15) is 47.5 Å². The molecule has 146 valence electrons. The van der Waals surface area contributed by atoms with Crippen LogP contribution in [0, 0.1) is 0 Å². The molecule has 0 heterocycles. The molecule has 0 aromatic rings. The standard InChI is InChI=1S/C23H32N2O2/c1-8-12-14-16-24-22(6)21(25-17(5)15-13-9-2)20(26)18(10-3)19(11-4)23(22,7)27/h10-16,21,27H,3-4,8-9H2,1-2,5-7H3/b14-12+,15-13+,24-16?,25-17?. The molecule has 0 saturated heterocycles. The lowest BCUT2D eigenvalue weighted by molar-refractivity contribution is -0.122. The van der Waals surface area contributed by atoms with E-state index in [1.165, 1.54) is 12.2 Å². The number of carbonyl (C=O) groups excluding carboxylic acids is 1. The second kappa shape index (κ2) is 9.56. The van der Waals surface area contributed by atoms with Crippen LogP contribution in [-0.4, -0.2) is 40.0 Å². The fourth-order valence-electron chi connectivity index (χ4n) is 3.17. The van der Waals surface area contributed by atoms with Crippen molar-refractivity contribution in [3.8, 4) is 0 Å². The van der Waals surface area contributed by atoms with Crippen molar-refractivity contribution in [2.75, 3.05) is 0 Å². The zero-order valence-electron chi connectivity index (χ0n) is 17.2. The maximum absolute atomic E-state index is 13.2. The third-order valence-electron chi connectivity index (χ3n) is 4.98. The van der Waals surface area contributed by atoms with E-state index >= 15 is 0 Å². The summed E-state index contributed by atoms with van der Waals surface area (Å²) in [6.45, 7) is 16.8. The minimum atomic E-state index is -1.44. The Morgan fingerprint density at radius 2 is 1.81 bits per heavy atom. The molecule has 4 heteroatoms. The van der Waals surface area contributed by atoms with Gasteiger partial charge in [0.25, 0.3) is 0 Å². The van der Waals surface area contributed by atoms with Gasteiger partial charge in [0.1, 0.15) is 17.2 Å². The van der Waals surface area contributed by atoms with Gasteiger partial charge in [0.05, 0.1) is 0 Å². The van der Waals surface area contributed by atoms with E-state index in [-0.39, 0.29) is 5.78 Å². The maximum atomic E-state index is 13.2. The van der Waals surface area contributed by atoms with Crippen LogP contribution in [0.3, 0.4) is 0 Å². The number of carbonyl (C=O) groups is 1. The minimum absolute atomic E-state index is 0.213. The third kappa shape index (κ3) is 4.51. The molecule has 3 atom stereocenters. The van der Waals surface area contributed by atoms with Crippen molar-refractivity contribution in [2.24, 2.45) is 9.98 Å². The molecule has 0 amide bonds. The molecule has 0 bridgehead atoms. The lowest BCUT2D eigenvalue weighted by Crippen LogP contribution is -2.62. The van der Waals surface area contributed by atoms with Crippen molar-refractivity contribution >= 4 is 17.7 Å². The highest BCUT2D eigenvalue weighted by molar-refractivity contribution is 6.08. The molecule has 27 heavy (non-hydrogen) atoms. The van der Waals surface area contributed by atoms with Crippen LogP contribution in [-0.2, 0) is 4.79 Å². The van der Waals surface area contributed by atoms with Crippen LogP contribution in [0.2, 0.25) is 0 Å². The van der Waals surface area contributed by atoms with Gasteiger partial charge < -0.3 is 5.11 Å². The molecule has 0 saturated carbocycles. The van der Waals surface area contributed by atoms with Crippen LogP contribution < -0.4 is 0 Å². The number of aliphatic hydroxyl groups is 1. The highest BCUT2D eigenvalue weighted by Crippen LogP contribution is 2.44. The minimum Gasteiger partial charge on any atom is -0.383 e. The largest absolute Gasteiger partial charge is 0.383 e. The number of aliphatic imine (C=N–C) groups is 2. The number of rotatable bonds is 8. The molecular weight excluding hydrogens is 336 g/mol. The summed E-state index contributed by atoms with van der Waals surface area (Å²) in [5, 5.41) is 11.4. The van der Waals surface area contributed by atoms with Crippen molar-refractivity contribution < 1.29 is 9.90 Å². The fourth-order valence-corrected chi connectivity index (χ4v) is 3.17. The molecule has 1 aliphatic carbocycles. The van der Waals surface area contributed by atoms with Gasteiger partial charge in [-0.2, -0.15) is 0 Å². The molecule has 1 N–H and O–H groups in total. The summed E-state index contributed by atoms with van der Waals surface area (Å²) in [6.07, 6.45) is 14.0. The number of nitrogens with zero attached hydrogens (tertiary/aromatic N) is 2. The van der Waals surface area contributed by atoms with Crippen LogP contribution in [0.25, 0.3) is 0 Å². The lowest BCUT2D eigenvalue weighted by atomic mass is 9.65. The van der Waals surface area contributed by atoms with Crippen LogP contribution in [0.15, 0.2) is 70.7 Å². The van der Waals surface area contributed by atoms with E-state index in [0.717, 1.165) is 12.8 Å². The quantitative estimate of drug-likeness (QED) is 0.637. The highest BCUT2D eigenvalue weighted by atomic mass is 16.3. The van der Waals surface area contributed by atoms with Crippen molar-refractivity contribution in [2.45, 2.75) is 64.6 Å². The highest BCUT2D eigenvalue weighted by Gasteiger charge is 2.57. The molecular formula is C23H32N2O2.